The van der Waals surface area contributed by atoms with Crippen LogP contribution < -0.4 is 33.4 Å². The van der Waals surface area contributed by atoms with Gasteiger partial charge >= 0.3 is 196 Å². The second-order valence-corrected chi connectivity index (χ2v) is 18.4. The predicted molar refractivity (Wildman–Crippen MR) is 130 cm³/mol. The van der Waals surface area contributed by atoms with Crippen molar-refractivity contribution in [1.82, 2.24) is 0 Å². The fourth-order valence-electron chi connectivity index (χ4n) is 4.00. The van der Waals surface area contributed by atoms with Gasteiger partial charge in [-0.2, -0.15) is 0 Å². The number of aryl methyl sites for hydroxylation is 1. The summed E-state index contributed by atoms with van der Waals surface area (Å²) in [7, 11) is 0. The van der Waals surface area contributed by atoms with Crippen LogP contribution in [0.5, 0.6) is 11.5 Å². The third-order valence-corrected chi connectivity index (χ3v) is 10.9. The fourth-order valence-corrected chi connectivity index (χ4v) is 9.41. The van der Waals surface area contributed by atoms with Crippen molar-refractivity contribution in [2.24, 2.45) is 0 Å². The molecule has 5 heteroatoms. The Kier molecular flexibility index (Phi) is 11.0. The van der Waals surface area contributed by atoms with Crippen LogP contribution in [0.1, 0.15) is 28.2 Å². The van der Waals surface area contributed by atoms with Gasteiger partial charge in [0.05, 0.1) is 0 Å². The second kappa shape index (κ2) is 13.2. The molecule has 0 bridgehead atoms. The van der Waals surface area contributed by atoms with Crippen molar-refractivity contribution in [1.29, 1.82) is 0 Å². The number of hydrogen-bond acceptors (Lipinski definition) is 1. The number of ether oxygens (including phenoxy) is 1. The molecule has 0 N–H and O–H groups in total. The van der Waals surface area contributed by atoms with Gasteiger partial charge in [0.25, 0.3) is 0 Å². The van der Waals surface area contributed by atoms with Crippen LogP contribution in [0.2, 0.25) is 13.1 Å². The van der Waals surface area contributed by atoms with Crippen molar-refractivity contribution in [3.8, 4) is 11.5 Å². The maximum Gasteiger partial charge on any atom is -1.00 e. The molecule has 0 atom stereocenters. The zero-order chi connectivity index (χ0) is 21.6. The average molecular weight is 527 g/mol. The molecule has 0 saturated carbocycles. The van der Waals surface area contributed by atoms with Gasteiger partial charge in [-0.15, -0.1) is 0 Å². The third-order valence-electron chi connectivity index (χ3n) is 5.25. The standard InChI is InChI=1S/C26H21O.C2H7Si.2ClH.Ti/c1-20-17-18-25(27-23-15-9-4-10-16-23)24(19-20)26(21-11-5-2-6-12-21)22-13-7-3-8-14-22;1-3-2;;;/h2-17,19,26H,1H3;3H,1-2H3;2*1H;/q;;;;+2/p-2. The van der Waals surface area contributed by atoms with E-state index in [0.717, 1.165) is 11.5 Å². The number of halogens is 2. The zero-order valence-corrected chi connectivity index (χ0v) is 23.4. The molecule has 168 valence electrons. The second-order valence-electron chi connectivity index (χ2n) is 8.20. The van der Waals surface area contributed by atoms with E-state index in [9.17, 15) is 0 Å². The molecule has 0 unspecified atom stereocenters. The van der Waals surface area contributed by atoms with Crippen LogP contribution >= 0.6 is 0 Å². The van der Waals surface area contributed by atoms with E-state index in [2.05, 4.69) is 105 Å². The first-order chi connectivity index (χ1) is 15.1. The van der Waals surface area contributed by atoms with Crippen LogP contribution in [0, 0.1) is 6.92 Å². The summed E-state index contributed by atoms with van der Waals surface area (Å²) in [5, 5.41) is 0. The van der Waals surface area contributed by atoms with Crippen LogP contribution in [0.15, 0.2) is 103 Å². The number of benzene rings is 4. The first-order valence-electron chi connectivity index (χ1n) is 10.9. The average Bonchev–Trinajstić information content (AvgIpc) is 2.78. The molecule has 0 spiro atoms. The predicted octanol–water partition coefficient (Wildman–Crippen LogP) is 0.667. The Balaban J connectivity index is 0.00000193. The molecular weight excluding hydrogens is 499 g/mol. The molecule has 0 aliphatic heterocycles. The van der Waals surface area contributed by atoms with E-state index in [0.29, 0.717) is 0 Å². The van der Waals surface area contributed by atoms with Crippen molar-refractivity contribution in [2.75, 3.05) is 0 Å². The summed E-state index contributed by atoms with van der Waals surface area (Å²) in [6.07, 6.45) is 0. The van der Waals surface area contributed by atoms with Gasteiger partial charge in [0, 0.05) is 0 Å². The van der Waals surface area contributed by atoms with Gasteiger partial charge in [-0.25, -0.2) is 0 Å². The number of para-hydroxylation sites is 1. The first kappa shape index (κ1) is 27.4. The summed E-state index contributed by atoms with van der Waals surface area (Å²) in [5.74, 6) is 2.13. The minimum absolute atomic E-state index is 0. The fraction of sp³-hybridized carbons (Fsp3) is 0.143. The molecule has 0 aliphatic carbocycles. The molecule has 4 rings (SSSR count). The van der Waals surface area contributed by atoms with E-state index in [1.54, 1.807) is 0 Å². The topological polar surface area (TPSA) is 9.23 Å². The van der Waals surface area contributed by atoms with Crippen molar-refractivity contribution in [2.45, 2.75) is 25.9 Å². The minimum atomic E-state index is -0.708. The summed E-state index contributed by atoms with van der Waals surface area (Å²) in [6, 6.07) is 36.6. The Morgan fingerprint density at radius 2 is 1.18 bits per heavy atom. The molecular formula is C28H28Cl2OSiTi. The summed E-state index contributed by atoms with van der Waals surface area (Å²) >= 11 is -0.196. The Bertz CT molecular complexity index is 1080. The molecule has 33 heavy (non-hydrogen) atoms. The molecule has 0 radical (unpaired) electrons. The van der Waals surface area contributed by atoms with Crippen LogP contribution in [-0.4, -0.2) is 6.66 Å². The number of rotatable bonds is 7. The summed E-state index contributed by atoms with van der Waals surface area (Å²) in [6.45, 7) is 6.43. The molecule has 4 aromatic rings. The van der Waals surface area contributed by atoms with Crippen molar-refractivity contribution in [3.05, 3.63) is 125 Å². The van der Waals surface area contributed by atoms with Gasteiger partial charge in [0.2, 0.25) is 0 Å². The molecule has 0 fully saturated rings. The molecule has 0 heterocycles. The summed E-state index contributed by atoms with van der Waals surface area (Å²) in [4.78, 5) is 0. The minimum Gasteiger partial charge on any atom is -1.00 e. The van der Waals surface area contributed by atoms with Crippen molar-refractivity contribution >= 4 is 10.5 Å². The molecule has 0 amide bonds. The Morgan fingerprint density at radius 3 is 1.67 bits per heavy atom. The first-order valence-corrected chi connectivity index (χ1v) is 17.2. The van der Waals surface area contributed by atoms with E-state index in [1.807, 2.05) is 18.2 Å². The third kappa shape index (κ3) is 7.09. The SMILES string of the molecule is Cc1c[c]([Ti+2][SiH](C)C)c(Oc2ccccc2)c(C(c2ccccc2)c2ccccc2)c1.[Cl-].[Cl-]. The molecule has 0 aromatic heterocycles. The van der Waals surface area contributed by atoms with Gasteiger partial charge in [0.1, 0.15) is 0 Å². The monoisotopic (exact) mass is 526 g/mol. The largest absolute Gasteiger partial charge is 1.00 e. The number of hydrogen-bond donors (Lipinski definition) is 0. The maximum atomic E-state index is 6.67. The van der Waals surface area contributed by atoms with E-state index >= 15 is 0 Å². The van der Waals surface area contributed by atoms with E-state index in [4.69, 9.17) is 4.74 Å². The Morgan fingerprint density at radius 1 is 0.697 bits per heavy atom. The molecule has 0 aliphatic rings. The van der Waals surface area contributed by atoms with Crippen LogP contribution in [-0.2, 0) is 18.4 Å². The van der Waals surface area contributed by atoms with Gasteiger partial charge < -0.3 is 24.8 Å². The van der Waals surface area contributed by atoms with Crippen LogP contribution in [0.4, 0.5) is 0 Å². The summed E-state index contributed by atoms with van der Waals surface area (Å²) in [5.41, 5.74) is 5.19. The smallest absolute Gasteiger partial charge is 1.00 e. The van der Waals surface area contributed by atoms with Crippen molar-refractivity contribution in [3.63, 3.8) is 0 Å². The molecule has 0 saturated heterocycles. The van der Waals surface area contributed by atoms with Gasteiger partial charge in [0.15, 0.2) is 0 Å². The molecule has 4 aromatic carbocycles. The van der Waals surface area contributed by atoms with Gasteiger partial charge in [-0.1, -0.05) is 0 Å². The Labute approximate surface area is 220 Å². The van der Waals surface area contributed by atoms with Gasteiger partial charge in [-0.3, -0.25) is 0 Å². The van der Waals surface area contributed by atoms with Crippen LogP contribution in [0.3, 0.4) is 0 Å². The Hall–Kier alpha value is -1.81. The normalized spacial score (nSPS) is 10.2. The van der Waals surface area contributed by atoms with E-state index in [1.165, 1.54) is 26.1 Å². The van der Waals surface area contributed by atoms with Crippen LogP contribution in [0.25, 0.3) is 0 Å². The maximum absolute atomic E-state index is 6.67. The van der Waals surface area contributed by atoms with E-state index in [-0.39, 0.29) is 49.1 Å². The molecule has 1 nitrogen and oxygen atoms in total. The van der Waals surface area contributed by atoms with Gasteiger partial charge in [-0.05, 0) is 0 Å². The quantitative estimate of drug-likeness (QED) is 0.254. The summed E-state index contributed by atoms with van der Waals surface area (Å²) < 4.78 is 8.13. The van der Waals surface area contributed by atoms with Crippen molar-refractivity contribution < 1.29 is 48.0 Å². The zero-order valence-electron chi connectivity index (χ0n) is 19.1. The van der Waals surface area contributed by atoms with E-state index < -0.39 is 6.66 Å².